The lowest BCUT2D eigenvalue weighted by Crippen LogP contribution is -1.90. The van der Waals surface area contributed by atoms with Crippen molar-refractivity contribution in [2.45, 2.75) is 20.3 Å². The van der Waals surface area contributed by atoms with E-state index in [9.17, 15) is 0 Å². The number of aryl methyl sites for hydroxylation is 1. The molecule has 2 aromatic heterocycles. The summed E-state index contributed by atoms with van der Waals surface area (Å²) in [5.74, 6) is 0.572. The van der Waals surface area contributed by atoms with Crippen molar-refractivity contribution in [3.63, 3.8) is 0 Å². The smallest absolute Gasteiger partial charge is 0.149 e. The molecule has 0 amide bonds. The maximum absolute atomic E-state index is 5.74. The number of nitrogen functional groups attached to an aromatic ring is 1. The van der Waals surface area contributed by atoms with E-state index < -0.39 is 0 Å². The fourth-order valence-electron chi connectivity index (χ4n) is 1.58. The molecular formula is C10H13N3O. The molecule has 0 atom stereocenters. The van der Waals surface area contributed by atoms with Gasteiger partial charge in [0.25, 0.3) is 0 Å². The molecule has 0 radical (unpaired) electrons. The molecule has 0 aromatic carbocycles. The summed E-state index contributed by atoms with van der Waals surface area (Å²) in [4.78, 5) is 0. The van der Waals surface area contributed by atoms with Gasteiger partial charge in [-0.25, -0.2) is 0 Å². The lowest BCUT2D eigenvalue weighted by Gasteiger charge is -1.98. The van der Waals surface area contributed by atoms with Crippen LogP contribution in [0.5, 0.6) is 0 Å². The molecule has 0 fully saturated rings. The van der Waals surface area contributed by atoms with E-state index in [1.807, 2.05) is 6.92 Å². The highest BCUT2D eigenvalue weighted by molar-refractivity contribution is 5.69. The van der Waals surface area contributed by atoms with Gasteiger partial charge < -0.3 is 10.2 Å². The van der Waals surface area contributed by atoms with Gasteiger partial charge in [0.15, 0.2) is 0 Å². The molecule has 0 saturated heterocycles. The van der Waals surface area contributed by atoms with E-state index in [-0.39, 0.29) is 0 Å². The van der Waals surface area contributed by atoms with Crippen LogP contribution in [-0.4, -0.2) is 10.2 Å². The average molecular weight is 191 g/mol. The van der Waals surface area contributed by atoms with E-state index >= 15 is 0 Å². The standard InChI is InChI=1S/C10H13N3O/c1-3-7-9(12-13-10(7)11)8-5-14-4-6(8)2/h4-5H,3H2,1-2H3,(H3,11,12,13). The number of hydrogen-bond acceptors (Lipinski definition) is 3. The average Bonchev–Trinajstić information content (AvgIpc) is 2.71. The molecule has 3 N–H and O–H groups in total. The van der Waals surface area contributed by atoms with Crippen LogP contribution in [0.4, 0.5) is 5.82 Å². The Morgan fingerprint density at radius 3 is 2.86 bits per heavy atom. The molecular weight excluding hydrogens is 178 g/mol. The zero-order valence-electron chi connectivity index (χ0n) is 8.29. The molecule has 0 aliphatic carbocycles. The third-order valence-electron chi connectivity index (χ3n) is 2.38. The number of aromatic nitrogens is 2. The van der Waals surface area contributed by atoms with Gasteiger partial charge in [0.05, 0.1) is 18.2 Å². The van der Waals surface area contributed by atoms with Gasteiger partial charge >= 0.3 is 0 Å². The quantitative estimate of drug-likeness (QED) is 0.764. The molecule has 14 heavy (non-hydrogen) atoms. The van der Waals surface area contributed by atoms with E-state index in [0.29, 0.717) is 5.82 Å². The second kappa shape index (κ2) is 3.21. The maximum Gasteiger partial charge on any atom is 0.149 e. The first-order valence-electron chi connectivity index (χ1n) is 4.60. The van der Waals surface area contributed by atoms with Crippen LogP contribution in [0.1, 0.15) is 18.1 Å². The summed E-state index contributed by atoms with van der Waals surface area (Å²) < 4.78 is 5.12. The topological polar surface area (TPSA) is 67.8 Å². The summed E-state index contributed by atoms with van der Waals surface area (Å²) in [7, 11) is 0. The number of aromatic amines is 1. The first-order chi connectivity index (χ1) is 6.74. The number of rotatable bonds is 2. The van der Waals surface area contributed by atoms with Crippen molar-refractivity contribution >= 4 is 5.82 Å². The normalized spacial score (nSPS) is 10.7. The zero-order valence-corrected chi connectivity index (χ0v) is 8.29. The van der Waals surface area contributed by atoms with Crippen molar-refractivity contribution in [1.29, 1.82) is 0 Å². The number of H-pyrrole nitrogens is 1. The van der Waals surface area contributed by atoms with E-state index in [4.69, 9.17) is 10.2 Å². The van der Waals surface area contributed by atoms with Gasteiger partial charge in [-0.15, -0.1) is 0 Å². The van der Waals surface area contributed by atoms with Crippen molar-refractivity contribution in [2.75, 3.05) is 5.73 Å². The molecule has 0 aliphatic rings. The third-order valence-corrected chi connectivity index (χ3v) is 2.38. The highest BCUT2D eigenvalue weighted by Gasteiger charge is 2.13. The van der Waals surface area contributed by atoms with Gasteiger partial charge in [-0.3, -0.25) is 5.10 Å². The Morgan fingerprint density at radius 1 is 1.50 bits per heavy atom. The van der Waals surface area contributed by atoms with Gasteiger partial charge in [-0.2, -0.15) is 5.10 Å². The molecule has 0 saturated carbocycles. The summed E-state index contributed by atoms with van der Waals surface area (Å²) in [6, 6.07) is 0. The Balaban J connectivity index is 2.57. The summed E-state index contributed by atoms with van der Waals surface area (Å²) >= 11 is 0. The van der Waals surface area contributed by atoms with E-state index in [1.54, 1.807) is 12.5 Å². The monoisotopic (exact) mass is 191 g/mol. The SMILES string of the molecule is CCc1c(N)n[nH]c1-c1cocc1C. The van der Waals surface area contributed by atoms with Gasteiger partial charge in [0.2, 0.25) is 0 Å². The van der Waals surface area contributed by atoms with E-state index in [0.717, 1.165) is 28.8 Å². The van der Waals surface area contributed by atoms with Gasteiger partial charge in [-0.05, 0) is 18.9 Å². The Morgan fingerprint density at radius 2 is 2.29 bits per heavy atom. The first kappa shape index (κ1) is 8.87. The van der Waals surface area contributed by atoms with Gasteiger partial charge in [-0.1, -0.05) is 6.92 Å². The lowest BCUT2D eigenvalue weighted by molar-refractivity contribution is 0.566. The molecule has 0 aliphatic heterocycles. The number of hydrogen-bond donors (Lipinski definition) is 2. The second-order valence-electron chi connectivity index (χ2n) is 3.28. The van der Waals surface area contributed by atoms with Crippen molar-refractivity contribution in [2.24, 2.45) is 0 Å². The first-order valence-corrected chi connectivity index (χ1v) is 4.60. The van der Waals surface area contributed by atoms with Crippen LogP contribution in [0.15, 0.2) is 16.9 Å². The Hall–Kier alpha value is -1.71. The van der Waals surface area contributed by atoms with Crippen LogP contribution in [0.25, 0.3) is 11.3 Å². The molecule has 0 spiro atoms. The number of nitrogens with zero attached hydrogens (tertiary/aromatic N) is 1. The van der Waals surface area contributed by atoms with Gasteiger partial charge in [0, 0.05) is 11.1 Å². The lowest BCUT2D eigenvalue weighted by atomic mass is 10.1. The fourth-order valence-corrected chi connectivity index (χ4v) is 1.58. The second-order valence-corrected chi connectivity index (χ2v) is 3.28. The largest absolute Gasteiger partial charge is 0.472 e. The highest BCUT2D eigenvalue weighted by atomic mass is 16.3. The maximum atomic E-state index is 5.74. The minimum atomic E-state index is 0.572. The molecule has 2 rings (SSSR count). The van der Waals surface area contributed by atoms with Crippen molar-refractivity contribution in [1.82, 2.24) is 10.2 Å². The Labute approximate surface area is 82.1 Å². The number of furan rings is 1. The molecule has 0 bridgehead atoms. The van der Waals surface area contributed by atoms with Crippen LogP contribution in [0.2, 0.25) is 0 Å². The van der Waals surface area contributed by atoms with Crippen LogP contribution in [0, 0.1) is 6.92 Å². The number of nitrogens with one attached hydrogen (secondary N) is 1. The minimum Gasteiger partial charge on any atom is -0.472 e. The van der Waals surface area contributed by atoms with Crippen molar-refractivity contribution in [3.05, 3.63) is 23.7 Å². The summed E-state index contributed by atoms with van der Waals surface area (Å²) in [5.41, 5.74) is 9.87. The predicted octanol–water partition coefficient (Wildman–Crippen LogP) is 2.12. The number of nitrogens with two attached hydrogens (primary N) is 1. The van der Waals surface area contributed by atoms with Crippen LogP contribution >= 0.6 is 0 Å². The summed E-state index contributed by atoms with van der Waals surface area (Å²) in [6.45, 7) is 4.05. The predicted molar refractivity (Wildman–Crippen MR) is 54.8 cm³/mol. The number of anilines is 1. The summed E-state index contributed by atoms with van der Waals surface area (Å²) in [6.07, 6.45) is 4.29. The van der Waals surface area contributed by atoms with Crippen LogP contribution in [-0.2, 0) is 6.42 Å². The van der Waals surface area contributed by atoms with E-state index in [1.165, 1.54) is 0 Å². The van der Waals surface area contributed by atoms with Crippen molar-refractivity contribution in [3.8, 4) is 11.3 Å². The summed E-state index contributed by atoms with van der Waals surface area (Å²) in [5, 5.41) is 6.93. The van der Waals surface area contributed by atoms with E-state index in [2.05, 4.69) is 17.1 Å². The minimum absolute atomic E-state index is 0.572. The highest BCUT2D eigenvalue weighted by Crippen LogP contribution is 2.28. The zero-order chi connectivity index (χ0) is 10.1. The molecule has 4 nitrogen and oxygen atoms in total. The molecule has 2 heterocycles. The molecule has 4 heteroatoms. The fraction of sp³-hybridized carbons (Fsp3) is 0.300. The van der Waals surface area contributed by atoms with Crippen LogP contribution < -0.4 is 5.73 Å². The van der Waals surface area contributed by atoms with Gasteiger partial charge in [0.1, 0.15) is 5.82 Å². The molecule has 2 aromatic rings. The Bertz CT molecular complexity index is 442. The molecule has 74 valence electrons. The van der Waals surface area contributed by atoms with Crippen molar-refractivity contribution < 1.29 is 4.42 Å². The van der Waals surface area contributed by atoms with Crippen LogP contribution in [0.3, 0.4) is 0 Å². The Kier molecular flexibility index (Phi) is 2.04. The third kappa shape index (κ3) is 1.19. The molecule has 0 unspecified atom stereocenters.